The van der Waals surface area contributed by atoms with E-state index in [2.05, 4.69) is 0 Å². The molecule has 34 heteroatoms. The van der Waals surface area contributed by atoms with E-state index in [9.17, 15) is 79.1 Å². The zero-order chi connectivity index (χ0) is 73.7. The lowest BCUT2D eigenvalue weighted by molar-refractivity contribution is 0.00815. The molecule has 4 rings (SSSR count). The van der Waals surface area contributed by atoms with Crippen molar-refractivity contribution in [3.63, 3.8) is 0 Å². The average molecular weight is 1480 g/mol. The van der Waals surface area contributed by atoms with E-state index in [0.29, 0.717) is 48.9 Å². The number of ether oxygens (including phenoxy) is 6. The zero-order valence-corrected chi connectivity index (χ0v) is 60.2. The second-order valence-corrected chi connectivity index (χ2v) is 28.9. The summed E-state index contributed by atoms with van der Waals surface area (Å²) >= 11 is 0. The van der Waals surface area contributed by atoms with Crippen molar-refractivity contribution >= 4 is 51.8 Å². The molecule has 0 aliphatic carbocycles. The van der Waals surface area contributed by atoms with Gasteiger partial charge in [0.15, 0.2) is 0 Å². The number of hydrogen-bond donors (Lipinski definition) is 12. The van der Waals surface area contributed by atoms with E-state index >= 15 is 0 Å². The highest BCUT2D eigenvalue weighted by molar-refractivity contribution is 7.86. The number of para-hydroxylation sites is 2. The van der Waals surface area contributed by atoms with Crippen molar-refractivity contribution < 1.29 is 121 Å². The molecule has 0 fully saturated rings. The predicted molar refractivity (Wildman–Crippen MR) is 370 cm³/mol. The average Bonchev–Trinajstić information content (AvgIpc) is 0.839. The van der Waals surface area contributed by atoms with Crippen LogP contribution in [-0.2, 0) is 59.4 Å². The molecule has 0 saturated heterocycles. The molecule has 0 heterocycles. The Kier molecular flexibility index (Phi) is 47.0. The van der Waals surface area contributed by atoms with Crippen LogP contribution < -0.4 is 19.3 Å². The Morgan fingerprint density at radius 3 is 0.969 bits per heavy atom. The largest absolute Gasteiger partial charge is 0.491 e. The van der Waals surface area contributed by atoms with Gasteiger partial charge in [0.2, 0.25) is 0 Å². The maximum atomic E-state index is 11.5. The molecule has 98 heavy (non-hydrogen) atoms. The molecule has 4 aromatic carbocycles. The third-order valence-corrected chi connectivity index (χ3v) is 16.9. The molecule has 8 unspecified atom stereocenters. The molecular weight excluding hydrogens is 1370 g/mol. The number of methoxy groups -OCH3 is 2. The molecule has 564 valence electrons. The lowest BCUT2D eigenvalue weighted by Crippen LogP contribution is -2.43. The number of aliphatic hydroxyl groups excluding tert-OH is 8. The lowest BCUT2D eigenvalue weighted by Gasteiger charge is -2.29. The summed E-state index contributed by atoms with van der Waals surface area (Å²) in [6.07, 6.45) is -1.35. The summed E-state index contributed by atoms with van der Waals surface area (Å²) in [5.74, 6) is 0.234. The van der Waals surface area contributed by atoms with E-state index in [1.807, 2.05) is 64.1 Å². The highest BCUT2D eigenvalue weighted by Crippen LogP contribution is 2.23. The van der Waals surface area contributed by atoms with Crippen LogP contribution in [-0.4, -0.2) is 295 Å². The van der Waals surface area contributed by atoms with E-state index in [0.717, 1.165) is 25.7 Å². The van der Waals surface area contributed by atoms with Crippen LogP contribution in [0.4, 0.5) is 11.4 Å². The highest BCUT2D eigenvalue weighted by atomic mass is 32.2. The molecule has 4 aromatic rings. The fourth-order valence-electron chi connectivity index (χ4n) is 8.77. The van der Waals surface area contributed by atoms with Gasteiger partial charge in [-0.25, -0.2) is 0 Å². The van der Waals surface area contributed by atoms with Crippen LogP contribution in [0.15, 0.2) is 119 Å². The maximum absolute atomic E-state index is 11.5. The van der Waals surface area contributed by atoms with Crippen molar-refractivity contribution in [2.24, 2.45) is 0 Å². The summed E-state index contributed by atoms with van der Waals surface area (Å²) in [5, 5.41) is 79.9. The number of anilines is 2. The second-order valence-electron chi connectivity index (χ2n) is 22.9. The molecule has 0 saturated carbocycles. The molecule has 8 atom stereocenters. The first-order valence-corrected chi connectivity index (χ1v) is 38.2. The minimum Gasteiger partial charge on any atom is -0.491 e. The Morgan fingerprint density at radius 2 is 0.684 bits per heavy atom. The number of rotatable bonds is 48. The summed E-state index contributed by atoms with van der Waals surface area (Å²) in [7, 11) is -14.0. The van der Waals surface area contributed by atoms with Gasteiger partial charge in [0.25, 0.3) is 40.5 Å². The Balaban J connectivity index is 0.000000664. The van der Waals surface area contributed by atoms with Crippen molar-refractivity contribution in [3.8, 4) is 11.5 Å². The molecule has 0 bridgehead atoms. The quantitative estimate of drug-likeness (QED) is 0.0223. The third kappa shape index (κ3) is 45.8. The Hall–Kier alpha value is -4.84. The molecule has 0 radical (unpaired) electrons. The first-order valence-electron chi connectivity index (χ1n) is 32.1. The first-order chi connectivity index (χ1) is 46.1. The van der Waals surface area contributed by atoms with Crippen LogP contribution in [0.25, 0.3) is 0 Å². The van der Waals surface area contributed by atoms with E-state index < -0.39 is 101 Å². The molecule has 0 spiro atoms. The first kappa shape index (κ1) is 91.2. The van der Waals surface area contributed by atoms with Gasteiger partial charge in [0.05, 0.1) is 84.3 Å². The number of aliphatic hydroxyl groups is 8. The molecule has 30 nitrogen and oxygen atoms in total. The van der Waals surface area contributed by atoms with Gasteiger partial charge in [-0.2, -0.15) is 33.7 Å². The Bertz CT molecular complexity index is 3060. The van der Waals surface area contributed by atoms with Crippen molar-refractivity contribution in [1.29, 1.82) is 0 Å². The Morgan fingerprint density at radius 1 is 0.378 bits per heavy atom. The van der Waals surface area contributed by atoms with Crippen LogP contribution in [0.5, 0.6) is 11.5 Å². The van der Waals surface area contributed by atoms with Gasteiger partial charge in [-0.1, -0.05) is 89.1 Å². The number of benzene rings is 4. The normalized spacial score (nSPS) is 14.4. The van der Waals surface area contributed by atoms with Crippen LogP contribution >= 0.6 is 0 Å². The summed E-state index contributed by atoms with van der Waals surface area (Å²) in [4.78, 5) is 6.00. The highest BCUT2D eigenvalue weighted by Gasteiger charge is 2.23. The molecule has 12 N–H and O–H groups in total. The number of unbranched alkanes of at least 4 members (excludes halogenated alkanes) is 2. The minimum atomic E-state index is -4.36. The second kappa shape index (κ2) is 50.5. The van der Waals surface area contributed by atoms with Crippen molar-refractivity contribution in [1.82, 2.24) is 9.80 Å². The monoisotopic (exact) mass is 1480 g/mol. The summed E-state index contributed by atoms with van der Waals surface area (Å²) < 4.78 is 156. The smallest absolute Gasteiger partial charge is 0.294 e. The van der Waals surface area contributed by atoms with Crippen LogP contribution in [0.2, 0.25) is 0 Å². The van der Waals surface area contributed by atoms with E-state index in [1.54, 1.807) is 51.1 Å². The molecular formula is C64H108N4O26S4. The fraction of sp³-hybridized carbons (Fsp3) is 0.625. The molecule has 0 aliphatic heterocycles. The van der Waals surface area contributed by atoms with Gasteiger partial charge in [0, 0.05) is 104 Å². The van der Waals surface area contributed by atoms with E-state index in [4.69, 9.17) is 42.1 Å². The molecule has 0 amide bonds. The zero-order valence-electron chi connectivity index (χ0n) is 56.9. The van der Waals surface area contributed by atoms with Gasteiger partial charge in [-0.15, -0.1) is 0 Å². The van der Waals surface area contributed by atoms with Crippen LogP contribution in [0.1, 0.15) is 66.2 Å². The molecule has 0 aliphatic rings. The third-order valence-electron chi connectivity index (χ3n) is 13.8. The summed E-state index contributed by atoms with van der Waals surface area (Å²) in [5.41, 5.74) is 0.991. The topological polar surface area (TPSA) is 448 Å². The summed E-state index contributed by atoms with van der Waals surface area (Å²) in [6.45, 7) is 10.5. The van der Waals surface area contributed by atoms with Gasteiger partial charge < -0.3 is 79.1 Å². The number of hydrogen-bond acceptors (Lipinski definition) is 26. The standard InChI is InChI=1S/C20H27NO7S.C20H35NO7S.C14H23NO5S.C10H23NO7S/c22-17(15-27-19-7-3-1-4-8-19)13-21(11-12-29(24,25)26)14-18(23)16-28-20-9-5-2-6-10-20;1-3-5-10-27-15-18(22)13-21(14-19(23)16-28-11-6-4-2)17-8-7-9-20(12-17)29(24,25)26;1-3-12(16)9-15(10-13(17)4-2)11-6-5-7-14(8-11)21(18,19)20;1-17-7-9(12)5-11(3-4-19(14,15)16)6-10(13)8-18-2/h1-10,17-18,22-23H,11-16H2,(H,24,25,26);7-9,12,18-19,22-23H,3-6,10-11,13-16H2,1-2H3,(H,24,25,26);5-8,12-13,16-17H,3-4,9-10H2,1-2H3,(H,18,19,20);9-10,12-13H,3-8H2,1-2H3,(H,14,15,16). The minimum absolute atomic E-state index is 0.000379. The van der Waals surface area contributed by atoms with Crippen molar-refractivity contribution in [2.75, 3.05) is 154 Å². The van der Waals surface area contributed by atoms with Crippen molar-refractivity contribution in [2.45, 2.75) is 125 Å². The maximum Gasteiger partial charge on any atom is 0.294 e. The van der Waals surface area contributed by atoms with Gasteiger partial charge in [-0.05, 0) is 86.3 Å². The van der Waals surface area contributed by atoms with Crippen LogP contribution in [0, 0.1) is 0 Å². The SMILES string of the molecule is CCC(O)CN(CC(O)CC)c1cccc(S(=O)(=O)O)c1.CCCCOCC(O)CN(CC(O)COCCCC)c1cccc(S(=O)(=O)O)c1.COCC(O)CN(CCS(=O)(=O)O)CC(O)COC.O=S(=O)(O)CCN(CC(O)COc1ccccc1)CC(O)COc1ccccc1. The predicted octanol–water partition coefficient (Wildman–Crippen LogP) is 2.62. The van der Waals surface area contributed by atoms with Crippen molar-refractivity contribution in [3.05, 3.63) is 109 Å². The van der Waals surface area contributed by atoms with Gasteiger partial charge in [0.1, 0.15) is 36.9 Å². The molecule has 0 aromatic heterocycles. The van der Waals surface area contributed by atoms with E-state index in [-0.39, 0.29) is 115 Å². The van der Waals surface area contributed by atoms with Gasteiger partial charge in [-0.3, -0.25) is 28.0 Å². The van der Waals surface area contributed by atoms with Gasteiger partial charge >= 0.3 is 0 Å². The Labute approximate surface area is 579 Å². The van der Waals surface area contributed by atoms with Crippen LogP contribution in [0.3, 0.4) is 0 Å². The fourth-order valence-corrected chi connectivity index (χ4v) is 10.8. The number of nitrogens with zero attached hydrogens (tertiary/aromatic N) is 4. The van der Waals surface area contributed by atoms with E-state index in [1.165, 1.54) is 55.5 Å². The summed E-state index contributed by atoms with van der Waals surface area (Å²) in [6, 6.07) is 29.5. The lowest BCUT2D eigenvalue weighted by atomic mass is 10.2.